The Morgan fingerprint density at radius 3 is 3.06 bits per heavy atom. The van der Waals surface area contributed by atoms with Crippen molar-refractivity contribution in [3.05, 3.63) is 23.6 Å². The molecule has 0 aliphatic heterocycles. The van der Waals surface area contributed by atoms with Crippen LogP contribution in [0.25, 0.3) is 0 Å². The van der Waals surface area contributed by atoms with E-state index in [2.05, 4.69) is 20.5 Å². The number of hydrogen-bond donors (Lipinski definition) is 1. The molecule has 0 spiro atoms. The predicted molar refractivity (Wildman–Crippen MR) is 51.3 cm³/mol. The summed E-state index contributed by atoms with van der Waals surface area (Å²) in [5, 5.41) is 20.3. The average molecular weight is 221 g/mol. The minimum atomic E-state index is -0.112. The molecule has 2 aromatic heterocycles. The zero-order chi connectivity index (χ0) is 11.0. The SMILES string of the molecule is OCc1cn(Cc2noc(C3CC3)n2)nn1. The molecule has 1 aliphatic carbocycles. The third kappa shape index (κ3) is 1.81. The van der Waals surface area contributed by atoms with Crippen LogP contribution in [0.4, 0.5) is 0 Å². The van der Waals surface area contributed by atoms with E-state index in [0.717, 1.165) is 18.7 Å². The highest BCUT2D eigenvalue weighted by atomic mass is 16.5. The molecule has 1 fully saturated rings. The van der Waals surface area contributed by atoms with E-state index in [-0.39, 0.29) is 6.61 Å². The Balaban J connectivity index is 1.72. The van der Waals surface area contributed by atoms with E-state index in [1.165, 1.54) is 0 Å². The van der Waals surface area contributed by atoms with Crippen LogP contribution in [0, 0.1) is 0 Å². The molecule has 2 aromatic rings. The summed E-state index contributed by atoms with van der Waals surface area (Å²) < 4.78 is 6.70. The normalized spacial score (nSPS) is 15.6. The van der Waals surface area contributed by atoms with Crippen molar-refractivity contribution < 1.29 is 9.63 Å². The molecule has 1 N–H and O–H groups in total. The fourth-order valence-corrected chi connectivity index (χ4v) is 1.46. The van der Waals surface area contributed by atoms with E-state index >= 15 is 0 Å². The minimum absolute atomic E-state index is 0.112. The van der Waals surface area contributed by atoms with Crippen molar-refractivity contribution in [2.75, 3.05) is 0 Å². The van der Waals surface area contributed by atoms with E-state index in [0.29, 0.717) is 24.0 Å². The van der Waals surface area contributed by atoms with Crippen molar-refractivity contribution in [1.82, 2.24) is 25.1 Å². The second-order valence-electron chi connectivity index (χ2n) is 3.89. The first-order valence-corrected chi connectivity index (χ1v) is 5.17. The molecule has 0 saturated heterocycles. The molecule has 0 unspecified atom stereocenters. The molecule has 84 valence electrons. The zero-order valence-electron chi connectivity index (χ0n) is 8.57. The van der Waals surface area contributed by atoms with Crippen LogP contribution < -0.4 is 0 Å². The molecule has 7 heteroatoms. The summed E-state index contributed by atoms with van der Waals surface area (Å²) in [7, 11) is 0. The van der Waals surface area contributed by atoms with Crippen molar-refractivity contribution in [2.45, 2.75) is 31.9 Å². The van der Waals surface area contributed by atoms with Crippen LogP contribution in [-0.2, 0) is 13.2 Å². The Morgan fingerprint density at radius 2 is 2.38 bits per heavy atom. The molecule has 16 heavy (non-hydrogen) atoms. The van der Waals surface area contributed by atoms with E-state index in [9.17, 15) is 0 Å². The molecule has 3 rings (SSSR count). The molecule has 7 nitrogen and oxygen atoms in total. The van der Waals surface area contributed by atoms with Gasteiger partial charge in [-0.25, -0.2) is 4.68 Å². The lowest BCUT2D eigenvalue weighted by molar-refractivity contribution is 0.276. The second-order valence-corrected chi connectivity index (χ2v) is 3.89. The molecule has 0 bridgehead atoms. The van der Waals surface area contributed by atoms with Crippen molar-refractivity contribution in [1.29, 1.82) is 0 Å². The highest BCUT2D eigenvalue weighted by Crippen LogP contribution is 2.38. The lowest BCUT2D eigenvalue weighted by Crippen LogP contribution is -2.02. The van der Waals surface area contributed by atoms with Crippen LogP contribution in [0.3, 0.4) is 0 Å². The lowest BCUT2D eigenvalue weighted by Gasteiger charge is -1.91. The van der Waals surface area contributed by atoms with Crippen LogP contribution in [0.1, 0.15) is 36.2 Å². The Labute approximate surface area is 91.1 Å². The Bertz CT molecular complexity index is 488. The van der Waals surface area contributed by atoms with E-state index < -0.39 is 0 Å². The van der Waals surface area contributed by atoms with E-state index in [4.69, 9.17) is 9.63 Å². The van der Waals surface area contributed by atoms with Gasteiger partial charge in [0.2, 0.25) is 5.89 Å². The molecule has 2 heterocycles. The number of aromatic nitrogens is 5. The first-order chi connectivity index (χ1) is 7.85. The first kappa shape index (κ1) is 9.46. The molecule has 0 radical (unpaired) electrons. The molecule has 0 aromatic carbocycles. The Kier molecular flexibility index (Phi) is 2.17. The van der Waals surface area contributed by atoms with Crippen molar-refractivity contribution >= 4 is 0 Å². The summed E-state index contributed by atoms with van der Waals surface area (Å²) in [5.74, 6) is 1.78. The van der Waals surface area contributed by atoms with Gasteiger partial charge in [-0.2, -0.15) is 4.98 Å². The maximum Gasteiger partial charge on any atom is 0.229 e. The third-order valence-electron chi connectivity index (χ3n) is 2.46. The van der Waals surface area contributed by atoms with E-state index in [1.54, 1.807) is 10.9 Å². The molecular formula is C9H11N5O2. The summed E-state index contributed by atoms with van der Waals surface area (Å²) in [6.45, 7) is 0.308. The monoisotopic (exact) mass is 221 g/mol. The summed E-state index contributed by atoms with van der Waals surface area (Å²) >= 11 is 0. The van der Waals surface area contributed by atoms with Gasteiger partial charge in [0.25, 0.3) is 0 Å². The molecule has 1 saturated carbocycles. The summed E-state index contributed by atoms with van der Waals surface area (Å²) in [6.07, 6.45) is 3.94. The molecular weight excluding hydrogens is 210 g/mol. The molecule has 0 atom stereocenters. The van der Waals surface area contributed by atoms with Crippen LogP contribution >= 0.6 is 0 Å². The van der Waals surface area contributed by atoms with Crippen molar-refractivity contribution in [2.24, 2.45) is 0 Å². The summed E-state index contributed by atoms with van der Waals surface area (Å²) in [6, 6.07) is 0. The van der Waals surface area contributed by atoms with Crippen LogP contribution in [0.15, 0.2) is 10.7 Å². The maximum atomic E-state index is 8.84. The minimum Gasteiger partial charge on any atom is -0.390 e. The van der Waals surface area contributed by atoms with Gasteiger partial charge in [-0.1, -0.05) is 10.4 Å². The fourth-order valence-electron chi connectivity index (χ4n) is 1.46. The first-order valence-electron chi connectivity index (χ1n) is 5.17. The highest BCUT2D eigenvalue weighted by Gasteiger charge is 2.29. The fraction of sp³-hybridized carbons (Fsp3) is 0.556. The molecule has 1 aliphatic rings. The number of hydrogen-bond acceptors (Lipinski definition) is 6. The van der Waals surface area contributed by atoms with Crippen LogP contribution in [0.5, 0.6) is 0 Å². The van der Waals surface area contributed by atoms with Crippen LogP contribution in [-0.4, -0.2) is 30.2 Å². The maximum absolute atomic E-state index is 8.84. The second kappa shape index (κ2) is 3.67. The van der Waals surface area contributed by atoms with Gasteiger partial charge in [-0.05, 0) is 12.8 Å². The number of rotatable bonds is 4. The van der Waals surface area contributed by atoms with Gasteiger partial charge in [-0.15, -0.1) is 5.10 Å². The Morgan fingerprint density at radius 1 is 1.50 bits per heavy atom. The number of aliphatic hydroxyl groups excluding tert-OH is 1. The third-order valence-corrected chi connectivity index (χ3v) is 2.46. The van der Waals surface area contributed by atoms with Crippen LogP contribution in [0.2, 0.25) is 0 Å². The molecule has 0 amide bonds. The van der Waals surface area contributed by atoms with Gasteiger partial charge in [0.1, 0.15) is 12.2 Å². The van der Waals surface area contributed by atoms with Gasteiger partial charge < -0.3 is 9.63 Å². The Hall–Kier alpha value is -1.76. The summed E-state index contributed by atoms with van der Waals surface area (Å²) in [4.78, 5) is 4.27. The van der Waals surface area contributed by atoms with Gasteiger partial charge in [0.15, 0.2) is 5.82 Å². The average Bonchev–Trinajstić information content (AvgIpc) is 2.88. The quantitative estimate of drug-likeness (QED) is 0.786. The van der Waals surface area contributed by atoms with Gasteiger partial charge in [-0.3, -0.25) is 0 Å². The number of nitrogens with zero attached hydrogens (tertiary/aromatic N) is 5. The topological polar surface area (TPSA) is 89.9 Å². The summed E-state index contributed by atoms with van der Waals surface area (Å²) in [5.41, 5.74) is 0.533. The highest BCUT2D eigenvalue weighted by molar-refractivity contribution is 5.02. The van der Waals surface area contributed by atoms with Gasteiger partial charge in [0.05, 0.1) is 12.8 Å². The largest absolute Gasteiger partial charge is 0.390 e. The van der Waals surface area contributed by atoms with Gasteiger partial charge in [0, 0.05) is 5.92 Å². The standard InChI is InChI=1S/C9H11N5O2/c15-5-7-3-14(13-11-7)4-8-10-9(16-12-8)6-1-2-6/h3,6,15H,1-2,4-5H2. The van der Waals surface area contributed by atoms with Crippen molar-refractivity contribution in [3.8, 4) is 0 Å². The lowest BCUT2D eigenvalue weighted by atomic mass is 10.4. The smallest absolute Gasteiger partial charge is 0.229 e. The number of aliphatic hydroxyl groups is 1. The van der Waals surface area contributed by atoms with Crippen molar-refractivity contribution in [3.63, 3.8) is 0 Å². The van der Waals surface area contributed by atoms with E-state index in [1.807, 2.05) is 0 Å². The van der Waals surface area contributed by atoms with Gasteiger partial charge >= 0.3 is 0 Å². The zero-order valence-corrected chi connectivity index (χ0v) is 8.57. The predicted octanol–water partition coefficient (Wildman–Crippen LogP) is 0.0791.